The summed E-state index contributed by atoms with van der Waals surface area (Å²) in [6.45, 7) is 1.96. The number of nitrogens with zero attached hydrogens (tertiary/aromatic N) is 2. The number of hydrogen-bond donors (Lipinski definition) is 0. The summed E-state index contributed by atoms with van der Waals surface area (Å²) < 4.78 is 22.8. The van der Waals surface area contributed by atoms with E-state index in [2.05, 4.69) is 4.98 Å². The van der Waals surface area contributed by atoms with Gasteiger partial charge in [0.25, 0.3) is 5.91 Å². The molecule has 1 atom stereocenters. The second-order valence-corrected chi connectivity index (χ2v) is 7.06. The molecule has 1 fully saturated rings. The molecule has 1 unspecified atom stereocenters. The summed E-state index contributed by atoms with van der Waals surface area (Å²) >= 11 is 1.45. The molecule has 2 aliphatic rings. The van der Waals surface area contributed by atoms with Crippen molar-refractivity contribution in [3.8, 4) is 5.75 Å². The number of carbonyl (C=O) groups excluding carboxylic acids is 1. The average molecular weight is 376 g/mol. The third kappa shape index (κ3) is 3.34. The van der Waals surface area contributed by atoms with Crippen molar-refractivity contribution in [2.24, 2.45) is 0 Å². The number of aromatic nitrogens is 1. The average Bonchev–Trinajstić information content (AvgIpc) is 3.35. The highest BCUT2D eigenvalue weighted by atomic mass is 32.1. The Morgan fingerprint density at radius 1 is 1.38 bits per heavy atom. The van der Waals surface area contributed by atoms with Crippen LogP contribution in [0.5, 0.6) is 5.75 Å². The molecule has 26 heavy (non-hydrogen) atoms. The first-order chi connectivity index (χ1) is 12.8. The minimum absolute atomic E-state index is 0.00188. The lowest BCUT2D eigenvalue weighted by Gasteiger charge is -2.25. The summed E-state index contributed by atoms with van der Waals surface area (Å²) in [6.07, 6.45) is 3.30. The monoisotopic (exact) mass is 376 g/mol. The predicted molar refractivity (Wildman–Crippen MR) is 97.5 cm³/mol. The van der Waals surface area contributed by atoms with Crippen LogP contribution in [0, 0.1) is 0 Å². The van der Waals surface area contributed by atoms with Crippen molar-refractivity contribution in [2.45, 2.75) is 18.9 Å². The van der Waals surface area contributed by atoms with Gasteiger partial charge < -0.3 is 18.9 Å². The van der Waals surface area contributed by atoms with Crippen LogP contribution in [0.1, 0.15) is 12.8 Å². The molecular formula is C18H20N2O5S. The van der Waals surface area contributed by atoms with Gasteiger partial charge in [0, 0.05) is 6.61 Å². The van der Waals surface area contributed by atoms with Crippen molar-refractivity contribution >= 4 is 32.6 Å². The highest BCUT2D eigenvalue weighted by molar-refractivity contribution is 7.22. The number of rotatable bonds is 5. The lowest BCUT2D eigenvalue weighted by Crippen LogP contribution is -2.39. The van der Waals surface area contributed by atoms with Gasteiger partial charge in [0.1, 0.15) is 30.7 Å². The van der Waals surface area contributed by atoms with E-state index in [9.17, 15) is 4.79 Å². The molecule has 1 aromatic heterocycles. The number of anilines is 1. The van der Waals surface area contributed by atoms with Gasteiger partial charge in [-0.2, -0.15) is 0 Å². The number of thiazole rings is 1. The number of amides is 1. The second kappa shape index (κ2) is 7.51. The molecule has 0 radical (unpaired) electrons. The number of benzene rings is 1. The maximum Gasteiger partial charge on any atom is 0.298 e. The number of fused-ring (bicyclic) bond motifs is 1. The Morgan fingerprint density at radius 3 is 3.04 bits per heavy atom. The quantitative estimate of drug-likeness (QED) is 0.799. The van der Waals surface area contributed by atoms with Crippen LogP contribution in [0.4, 0.5) is 5.13 Å². The zero-order valence-electron chi connectivity index (χ0n) is 14.5. The van der Waals surface area contributed by atoms with E-state index >= 15 is 0 Å². The van der Waals surface area contributed by atoms with Gasteiger partial charge in [-0.15, -0.1) is 0 Å². The van der Waals surface area contributed by atoms with Crippen LogP contribution in [0.15, 0.2) is 30.2 Å². The highest BCUT2D eigenvalue weighted by Gasteiger charge is 2.30. The second-order valence-electron chi connectivity index (χ2n) is 6.06. The van der Waals surface area contributed by atoms with Crippen LogP contribution < -0.4 is 9.64 Å². The Kier molecular flexibility index (Phi) is 4.94. The molecule has 1 aromatic carbocycles. The maximum absolute atomic E-state index is 13.1. The van der Waals surface area contributed by atoms with Crippen molar-refractivity contribution in [3.05, 3.63) is 30.2 Å². The van der Waals surface area contributed by atoms with Crippen molar-refractivity contribution in [3.63, 3.8) is 0 Å². The molecule has 2 aromatic rings. The number of carbonyl (C=O) groups is 1. The summed E-state index contributed by atoms with van der Waals surface area (Å²) in [7, 11) is 1.61. The van der Waals surface area contributed by atoms with Gasteiger partial charge >= 0.3 is 0 Å². The van der Waals surface area contributed by atoms with Gasteiger partial charge in [0.05, 0.1) is 24.5 Å². The Bertz CT molecular complexity index is 828. The molecule has 0 bridgehead atoms. The van der Waals surface area contributed by atoms with E-state index < -0.39 is 0 Å². The largest absolute Gasteiger partial charge is 0.494 e. The summed E-state index contributed by atoms with van der Waals surface area (Å²) in [5.41, 5.74) is 0.745. The van der Waals surface area contributed by atoms with E-state index in [1.165, 1.54) is 17.6 Å². The number of methoxy groups -OCH3 is 1. The molecule has 1 saturated heterocycles. The number of para-hydroxylation sites is 1. The van der Waals surface area contributed by atoms with E-state index in [4.69, 9.17) is 18.9 Å². The molecule has 7 nitrogen and oxygen atoms in total. The molecule has 0 aliphatic carbocycles. The molecule has 2 aliphatic heterocycles. The van der Waals surface area contributed by atoms with Crippen LogP contribution in [0.25, 0.3) is 10.2 Å². The topological polar surface area (TPSA) is 70.1 Å². The van der Waals surface area contributed by atoms with Gasteiger partial charge in [-0.05, 0) is 25.0 Å². The van der Waals surface area contributed by atoms with Crippen molar-refractivity contribution < 1.29 is 23.7 Å². The van der Waals surface area contributed by atoms with Crippen LogP contribution >= 0.6 is 11.3 Å². The zero-order valence-corrected chi connectivity index (χ0v) is 15.3. The third-order valence-corrected chi connectivity index (χ3v) is 5.38. The Morgan fingerprint density at radius 2 is 2.31 bits per heavy atom. The smallest absolute Gasteiger partial charge is 0.298 e. The predicted octanol–water partition coefficient (Wildman–Crippen LogP) is 2.71. The Balaban J connectivity index is 1.69. The molecule has 4 rings (SSSR count). The highest BCUT2D eigenvalue weighted by Crippen LogP contribution is 2.35. The first-order valence-corrected chi connectivity index (χ1v) is 9.39. The molecule has 0 N–H and O–H groups in total. The fraction of sp³-hybridized carbons (Fsp3) is 0.444. The molecule has 8 heteroatoms. The normalized spacial score (nSPS) is 19.6. The minimum atomic E-state index is -0.266. The minimum Gasteiger partial charge on any atom is -0.494 e. The molecule has 0 spiro atoms. The van der Waals surface area contributed by atoms with E-state index in [0.29, 0.717) is 30.6 Å². The molecule has 1 amide bonds. The fourth-order valence-corrected chi connectivity index (χ4v) is 4.04. The van der Waals surface area contributed by atoms with Crippen LogP contribution in [-0.4, -0.2) is 50.5 Å². The molecule has 0 saturated carbocycles. The van der Waals surface area contributed by atoms with E-state index in [-0.39, 0.29) is 17.8 Å². The van der Waals surface area contributed by atoms with Gasteiger partial charge in [-0.1, -0.05) is 17.4 Å². The van der Waals surface area contributed by atoms with Crippen molar-refractivity contribution in [1.82, 2.24) is 4.98 Å². The summed E-state index contributed by atoms with van der Waals surface area (Å²) in [5, 5.41) is 0.597. The van der Waals surface area contributed by atoms with E-state index in [0.717, 1.165) is 29.7 Å². The van der Waals surface area contributed by atoms with Gasteiger partial charge in [0.15, 0.2) is 5.13 Å². The lowest BCUT2D eigenvalue weighted by atomic mass is 10.2. The van der Waals surface area contributed by atoms with Crippen molar-refractivity contribution in [1.29, 1.82) is 0 Å². The van der Waals surface area contributed by atoms with Gasteiger partial charge in [0.2, 0.25) is 5.76 Å². The zero-order chi connectivity index (χ0) is 17.9. The standard InChI is InChI=1S/C18H20N2O5S/c1-22-13-5-2-6-15-16(13)19-18(26-15)20(10-12-4-3-7-24-12)17(21)14-11-23-8-9-25-14/h2,5-6,11-12H,3-4,7-10H2,1H3. The first kappa shape index (κ1) is 17.1. The van der Waals surface area contributed by atoms with Gasteiger partial charge in [-0.25, -0.2) is 4.98 Å². The van der Waals surface area contributed by atoms with E-state index in [1.54, 1.807) is 12.0 Å². The maximum atomic E-state index is 13.1. The van der Waals surface area contributed by atoms with Crippen molar-refractivity contribution in [2.75, 3.05) is 38.4 Å². The molecule has 138 valence electrons. The lowest BCUT2D eigenvalue weighted by molar-refractivity contribution is -0.120. The number of hydrogen-bond acceptors (Lipinski definition) is 7. The SMILES string of the molecule is COc1cccc2sc(N(CC3CCCO3)C(=O)C3=COCCO3)nc12. The Labute approximate surface area is 155 Å². The first-order valence-electron chi connectivity index (χ1n) is 8.58. The molecular weight excluding hydrogens is 356 g/mol. The number of ether oxygens (including phenoxy) is 4. The molecule has 3 heterocycles. The third-order valence-electron chi connectivity index (χ3n) is 4.34. The van der Waals surface area contributed by atoms with Crippen LogP contribution in [0.3, 0.4) is 0 Å². The van der Waals surface area contributed by atoms with Gasteiger partial charge in [-0.3, -0.25) is 9.69 Å². The van der Waals surface area contributed by atoms with Crippen LogP contribution in [-0.2, 0) is 19.0 Å². The van der Waals surface area contributed by atoms with E-state index in [1.807, 2.05) is 18.2 Å². The summed E-state index contributed by atoms with van der Waals surface area (Å²) in [5.74, 6) is 0.615. The Hall–Kier alpha value is -2.32. The summed E-state index contributed by atoms with van der Waals surface area (Å²) in [6, 6.07) is 5.74. The van der Waals surface area contributed by atoms with Crippen LogP contribution in [0.2, 0.25) is 0 Å². The summed E-state index contributed by atoms with van der Waals surface area (Å²) in [4.78, 5) is 19.3. The fourth-order valence-electron chi connectivity index (χ4n) is 3.05.